The molecule has 104 valence electrons. The Balaban J connectivity index is 2.60. The zero-order valence-electron chi connectivity index (χ0n) is 11.3. The number of amides is 1. The number of aliphatic carboxylic acids is 1. The first-order chi connectivity index (χ1) is 8.90. The molecule has 5 heteroatoms. The van der Waals surface area contributed by atoms with Crippen molar-refractivity contribution in [3.8, 4) is 0 Å². The van der Waals surface area contributed by atoms with Gasteiger partial charge in [-0.1, -0.05) is 13.8 Å². The summed E-state index contributed by atoms with van der Waals surface area (Å²) in [5, 5.41) is 13.5. The summed E-state index contributed by atoms with van der Waals surface area (Å²) in [6, 6.07) is 1.14. The Bertz CT molecular complexity index is 477. The highest BCUT2D eigenvalue weighted by atomic mass is 32.1. The summed E-state index contributed by atoms with van der Waals surface area (Å²) in [6.07, 6.45) is 3.52. The summed E-state index contributed by atoms with van der Waals surface area (Å²) in [4.78, 5) is 23.7. The molecule has 1 rings (SSSR count). The fraction of sp³-hybridized carbons (Fsp3) is 0.429. The van der Waals surface area contributed by atoms with Crippen LogP contribution in [0.3, 0.4) is 0 Å². The van der Waals surface area contributed by atoms with Gasteiger partial charge in [0.05, 0.1) is 0 Å². The van der Waals surface area contributed by atoms with Crippen LogP contribution in [-0.2, 0) is 9.59 Å². The van der Waals surface area contributed by atoms with Crippen LogP contribution in [0.2, 0.25) is 0 Å². The van der Waals surface area contributed by atoms with Crippen LogP contribution in [0.25, 0.3) is 6.08 Å². The Morgan fingerprint density at radius 1 is 1.47 bits per heavy atom. The maximum Gasteiger partial charge on any atom is 0.326 e. The van der Waals surface area contributed by atoms with E-state index in [9.17, 15) is 9.59 Å². The Morgan fingerprint density at radius 2 is 2.16 bits per heavy atom. The zero-order chi connectivity index (χ0) is 14.4. The lowest BCUT2D eigenvalue weighted by Crippen LogP contribution is -2.40. The molecule has 4 nitrogen and oxygen atoms in total. The van der Waals surface area contributed by atoms with E-state index in [1.54, 1.807) is 17.4 Å². The Labute approximate surface area is 117 Å². The normalized spacial score (nSPS) is 12.8. The highest BCUT2D eigenvalue weighted by molar-refractivity contribution is 7.11. The first kappa shape index (κ1) is 15.4. The maximum atomic E-state index is 11.7. The monoisotopic (exact) mass is 281 g/mol. The number of hydrogen-bond acceptors (Lipinski definition) is 3. The van der Waals surface area contributed by atoms with E-state index in [1.165, 1.54) is 6.08 Å². The van der Waals surface area contributed by atoms with Gasteiger partial charge in [0.2, 0.25) is 5.91 Å². The van der Waals surface area contributed by atoms with E-state index in [4.69, 9.17) is 5.11 Å². The lowest BCUT2D eigenvalue weighted by molar-refractivity contribution is -0.141. The number of carbonyl (C=O) groups is 2. The molecule has 0 aromatic carbocycles. The van der Waals surface area contributed by atoms with E-state index in [-0.39, 0.29) is 11.8 Å². The largest absolute Gasteiger partial charge is 0.480 e. The summed E-state index contributed by atoms with van der Waals surface area (Å²) in [5.74, 6) is -1.16. The van der Waals surface area contributed by atoms with Gasteiger partial charge in [0.25, 0.3) is 0 Å². The zero-order valence-corrected chi connectivity index (χ0v) is 12.2. The molecular formula is C14H19NO3S. The van der Waals surface area contributed by atoms with Gasteiger partial charge in [-0.05, 0) is 42.3 Å². The van der Waals surface area contributed by atoms with Gasteiger partial charge in [0, 0.05) is 11.0 Å². The van der Waals surface area contributed by atoms with Crippen molar-refractivity contribution in [3.05, 3.63) is 28.0 Å². The minimum Gasteiger partial charge on any atom is -0.480 e. The molecule has 0 aliphatic carbocycles. The molecule has 0 bridgehead atoms. The summed E-state index contributed by atoms with van der Waals surface area (Å²) < 4.78 is 0. The average Bonchev–Trinajstić information content (AvgIpc) is 2.70. The Kier molecular flexibility index (Phi) is 5.76. The van der Waals surface area contributed by atoms with Crippen molar-refractivity contribution in [3.63, 3.8) is 0 Å². The minimum atomic E-state index is -0.997. The second-order valence-electron chi connectivity index (χ2n) is 4.83. The van der Waals surface area contributed by atoms with Gasteiger partial charge < -0.3 is 10.4 Å². The smallest absolute Gasteiger partial charge is 0.326 e. The van der Waals surface area contributed by atoms with Crippen molar-refractivity contribution < 1.29 is 14.7 Å². The molecule has 2 N–H and O–H groups in total. The van der Waals surface area contributed by atoms with Crippen LogP contribution in [0, 0.1) is 12.8 Å². The third-order valence-corrected chi connectivity index (χ3v) is 3.59. The Morgan fingerprint density at radius 3 is 2.63 bits per heavy atom. The average molecular weight is 281 g/mol. The van der Waals surface area contributed by atoms with Crippen LogP contribution in [0.4, 0.5) is 0 Å². The van der Waals surface area contributed by atoms with E-state index < -0.39 is 12.0 Å². The second-order valence-corrected chi connectivity index (χ2v) is 5.78. The van der Waals surface area contributed by atoms with Crippen LogP contribution in [-0.4, -0.2) is 23.0 Å². The number of rotatable bonds is 6. The van der Waals surface area contributed by atoms with Gasteiger partial charge in [0.1, 0.15) is 6.04 Å². The fourth-order valence-corrected chi connectivity index (χ4v) is 2.44. The van der Waals surface area contributed by atoms with Gasteiger partial charge in [0.15, 0.2) is 0 Å². The van der Waals surface area contributed by atoms with Crippen molar-refractivity contribution in [2.45, 2.75) is 33.2 Å². The van der Waals surface area contributed by atoms with Gasteiger partial charge in [-0.3, -0.25) is 4.79 Å². The third kappa shape index (κ3) is 5.26. The molecule has 0 fully saturated rings. The molecular weight excluding hydrogens is 262 g/mol. The van der Waals surface area contributed by atoms with E-state index in [0.717, 1.165) is 10.4 Å². The maximum absolute atomic E-state index is 11.7. The molecule has 0 aliphatic heterocycles. The highest BCUT2D eigenvalue weighted by Gasteiger charge is 2.19. The first-order valence-corrected chi connectivity index (χ1v) is 7.03. The number of aryl methyl sites for hydroxylation is 1. The number of hydrogen-bond donors (Lipinski definition) is 2. The molecule has 1 heterocycles. The minimum absolute atomic E-state index is 0.213. The van der Waals surface area contributed by atoms with Gasteiger partial charge >= 0.3 is 5.97 Å². The van der Waals surface area contributed by atoms with Crippen LogP contribution in [0.1, 0.15) is 30.7 Å². The van der Waals surface area contributed by atoms with Crippen LogP contribution >= 0.6 is 11.3 Å². The van der Waals surface area contributed by atoms with Gasteiger partial charge in [-0.25, -0.2) is 4.79 Å². The highest BCUT2D eigenvalue weighted by Crippen LogP contribution is 2.16. The standard InChI is InChI=1S/C14H19NO3S/c1-9(2)8-11(14(17)18)15-13(16)5-4-12-10(3)6-7-19-12/h4-7,9,11H,8H2,1-3H3,(H,15,16)(H,17,18)/t11-/m1/s1. The molecule has 19 heavy (non-hydrogen) atoms. The van der Waals surface area contributed by atoms with Crippen LogP contribution in [0.5, 0.6) is 0 Å². The molecule has 1 aromatic rings. The first-order valence-electron chi connectivity index (χ1n) is 6.15. The summed E-state index contributed by atoms with van der Waals surface area (Å²) in [6.45, 7) is 5.81. The number of carboxylic acids is 1. The van der Waals surface area contributed by atoms with Crippen LogP contribution < -0.4 is 5.32 Å². The molecule has 1 aromatic heterocycles. The SMILES string of the molecule is Cc1ccsc1C=CC(=O)N[C@H](CC(C)C)C(=O)O. The van der Waals surface area contributed by atoms with E-state index in [2.05, 4.69) is 5.32 Å². The predicted octanol–water partition coefficient (Wildman–Crippen LogP) is 2.69. The predicted molar refractivity (Wildman–Crippen MR) is 77.1 cm³/mol. The summed E-state index contributed by atoms with van der Waals surface area (Å²) >= 11 is 1.54. The van der Waals surface area contributed by atoms with E-state index in [0.29, 0.717) is 6.42 Å². The van der Waals surface area contributed by atoms with Crippen molar-refractivity contribution in [1.29, 1.82) is 0 Å². The molecule has 0 unspecified atom stereocenters. The van der Waals surface area contributed by atoms with Gasteiger partial charge in [-0.2, -0.15) is 0 Å². The summed E-state index contributed by atoms with van der Waals surface area (Å²) in [7, 11) is 0. The quantitative estimate of drug-likeness (QED) is 0.788. The molecule has 0 saturated heterocycles. The summed E-state index contributed by atoms with van der Waals surface area (Å²) in [5.41, 5.74) is 1.10. The van der Waals surface area contributed by atoms with Crippen molar-refractivity contribution in [1.82, 2.24) is 5.32 Å². The lowest BCUT2D eigenvalue weighted by Gasteiger charge is -2.15. The third-order valence-electron chi connectivity index (χ3n) is 2.61. The molecule has 0 radical (unpaired) electrons. The van der Waals surface area contributed by atoms with E-state index >= 15 is 0 Å². The van der Waals surface area contributed by atoms with Crippen molar-refractivity contribution >= 4 is 29.3 Å². The fourth-order valence-electron chi connectivity index (χ4n) is 1.62. The van der Waals surface area contributed by atoms with Crippen LogP contribution in [0.15, 0.2) is 17.5 Å². The second kappa shape index (κ2) is 7.09. The molecule has 0 aliphatic rings. The van der Waals surface area contributed by atoms with Gasteiger partial charge in [-0.15, -0.1) is 11.3 Å². The topological polar surface area (TPSA) is 66.4 Å². The molecule has 1 amide bonds. The Hall–Kier alpha value is -1.62. The number of carboxylic acid groups (broad SMARTS) is 1. The van der Waals surface area contributed by atoms with Crippen molar-refractivity contribution in [2.75, 3.05) is 0 Å². The number of thiophene rings is 1. The molecule has 0 saturated carbocycles. The number of carbonyl (C=O) groups excluding carboxylic acids is 1. The number of nitrogens with one attached hydrogen (secondary N) is 1. The molecule has 0 spiro atoms. The lowest BCUT2D eigenvalue weighted by atomic mass is 10.0. The van der Waals surface area contributed by atoms with Crippen molar-refractivity contribution in [2.24, 2.45) is 5.92 Å². The molecule has 1 atom stereocenters. The van der Waals surface area contributed by atoms with E-state index in [1.807, 2.05) is 32.2 Å².